The summed E-state index contributed by atoms with van der Waals surface area (Å²) in [5, 5.41) is 2.92. The molecule has 1 unspecified atom stereocenters. The maximum atomic E-state index is 12.7. The molecule has 25 heavy (non-hydrogen) atoms. The molecule has 2 aromatic rings. The number of aromatic nitrogens is 1. The second-order valence-electron chi connectivity index (χ2n) is 6.22. The van der Waals surface area contributed by atoms with Gasteiger partial charge < -0.3 is 14.4 Å². The number of amides is 1. The summed E-state index contributed by atoms with van der Waals surface area (Å²) in [7, 11) is 3.33. The minimum absolute atomic E-state index is 0.0305. The molecule has 1 aromatic carbocycles. The molecular weight excluding hydrogens is 336 g/mol. The molecule has 0 spiro atoms. The fourth-order valence-corrected chi connectivity index (χ4v) is 4.13. The van der Waals surface area contributed by atoms with E-state index in [9.17, 15) is 4.79 Å². The van der Waals surface area contributed by atoms with E-state index in [0.29, 0.717) is 12.2 Å². The van der Waals surface area contributed by atoms with Crippen LogP contribution in [-0.2, 0) is 6.42 Å². The van der Waals surface area contributed by atoms with Crippen molar-refractivity contribution in [2.75, 3.05) is 27.3 Å². The van der Waals surface area contributed by atoms with Crippen molar-refractivity contribution in [2.24, 2.45) is 0 Å². The predicted molar refractivity (Wildman–Crippen MR) is 98.9 cm³/mol. The molecule has 1 aliphatic rings. The second-order valence-corrected chi connectivity index (χ2v) is 7.16. The van der Waals surface area contributed by atoms with Gasteiger partial charge in [-0.1, -0.05) is 6.92 Å². The number of hydrogen-bond acceptors (Lipinski definition) is 5. The largest absolute Gasteiger partial charge is 0.497 e. The summed E-state index contributed by atoms with van der Waals surface area (Å²) in [6.07, 6.45) is 2.89. The number of aryl methyl sites for hydroxylation is 1. The van der Waals surface area contributed by atoms with Crippen molar-refractivity contribution in [1.82, 2.24) is 9.88 Å². The predicted octanol–water partition coefficient (Wildman–Crippen LogP) is 3.74. The molecule has 1 amide bonds. The average Bonchev–Trinajstić information content (AvgIpc) is 3.30. The highest BCUT2D eigenvalue weighted by atomic mass is 32.1. The Morgan fingerprint density at radius 1 is 1.36 bits per heavy atom. The monoisotopic (exact) mass is 360 g/mol. The maximum Gasteiger partial charge on any atom is 0.273 e. The Morgan fingerprint density at radius 2 is 2.20 bits per heavy atom. The Kier molecular flexibility index (Phi) is 5.58. The molecule has 6 heteroatoms. The fourth-order valence-electron chi connectivity index (χ4n) is 3.26. The topological polar surface area (TPSA) is 51.7 Å². The van der Waals surface area contributed by atoms with Gasteiger partial charge in [0.2, 0.25) is 0 Å². The normalized spacial score (nSPS) is 16.9. The van der Waals surface area contributed by atoms with E-state index in [1.165, 1.54) is 0 Å². The highest BCUT2D eigenvalue weighted by Gasteiger charge is 2.30. The Hall–Kier alpha value is -2.08. The van der Waals surface area contributed by atoms with Crippen molar-refractivity contribution >= 4 is 17.2 Å². The quantitative estimate of drug-likeness (QED) is 0.787. The standard InChI is InChI=1S/C19H24N2O3S/c1-4-5-18-20-16(12-25-18)19(22)21-9-8-13(11-21)15-10-14(23-2)6-7-17(15)24-3/h6-7,10,12-13H,4-5,8-9,11H2,1-3H3. The molecule has 134 valence electrons. The van der Waals surface area contributed by atoms with Crippen LogP contribution in [0.5, 0.6) is 11.5 Å². The summed E-state index contributed by atoms with van der Waals surface area (Å²) < 4.78 is 10.8. The summed E-state index contributed by atoms with van der Waals surface area (Å²) in [6.45, 7) is 3.54. The smallest absolute Gasteiger partial charge is 0.273 e. The number of rotatable bonds is 6. The lowest BCUT2D eigenvalue weighted by Crippen LogP contribution is -2.28. The number of carbonyl (C=O) groups is 1. The number of carbonyl (C=O) groups excluding carboxylic acids is 1. The molecule has 0 radical (unpaired) electrons. The van der Waals surface area contributed by atoms with E-state index in [2.05, 4.69) is 11.9 Å². The van der Waals surface area contributed by atoms with Crippen LogP contribution in [0.2, 0.25) is 0 Å². The minimum atomic E-state index is 0.0305. The lowest BCUT2D eigenvalue weighted by atomic mass is 9.97. The minimum Gasteiger partial charge on any atom is -0.497 e. The van der Waals surface area contributed by atoms with Gasteiger partial charge in [-0.15, -0.1) is 11.3 Å². The number of thiazole rings is 1. The number of hydrogen-bond donors (Lipinski definition) is 0. The summed E-state index contributed by atoms with van der Waals surface area (Å²) in [5.41, 5.74) is 1.67. The van der Waals surface area contributed by atoms with Gasteiger partial charge in [-0.3, -0.25) is 4.79 Å². The van der Waals surface area contributed by atoms with Crippen molar-refractivity contribution in [3.63, 3.8) is 0 Å². The molecule has 2 heterocycles. The number of nitrogens with zero attached hydrogens (tertiary/aromatic N) is 2. The average molecular weight is 360 g/mol. The number of methoxy groups -OCH3 is 2. The van der Waals surface area contributed by atoms with Crippen molar-refractivity contribution in [2.45, 2.75) is 32.1 Å². The lowest BCUT2D eigenvalue weighted by Gasteiger charge is -2.18. The first-order valence-corrected chi connectivity index (χ1v) is 9.49. The lowest BCUT2D eigenvalue weighted by molar-refractivity contribution is 0.0785. The van der Waals surface area contributed by atoms with Gasteiger partial charge in [0.25, 0.3) is 5.91 Å². The molecular formula is C19H24N2O3S. The molecule has 3 rings (SSSR count). The van der Waals surface area contributed by atoms with Crippen LogP contribution in [0.15, 0.2) is 23.6 Å². The highest BCUT2D eigenvalue weighted by molar-refractivity contribution is 7.09. The Labute approximate surface area is 152 Å². The van der Waals surface area contributed by atoms with Crippen molar-refractivity contribution in [3.05, 3.63) is 39.8 Å². The molecule has 1 aromatic heterocycles. The van der Waals surface area contributed by atoms with Gasteiger partial charge in [0.1, 0.15) is 17.2 Å². The van der Waals surface area contributed by atoms with Crippen LogP contribution in [0.1, 0.15) is 46.7 Å². The van der Waals surface area contributed by atoms with Crippen molar-refractivity contribution in [1.29, 1.82) is 0 Å². The van der Waals surface area contributed by atoms with Gasteiger partial charge in [-0.25, -0.2) is 4.98 Å². The van der Waals surface area contributed by atoms with Crippen LogP contribution in [0.4, 0.5) is 0 Å². The fraction of sp³-hybridized carbons (Fsp3) is 0.474. The van der Waals surface area contributed by atoms with Crippen LogP contribution >= 0.6 is 11.3 Å². The number of benzene rings is 1. The van der Waals surface area contributed by atoms with E-state index in [0.717, 1.165) is 47.9 Å². The van der Waals surface area contributed by atoms with Gasteiger partial charge >= 0.3 is 0 Å². The summed E-state index contributed by atoms with van der Waals surface area (Å²) >= 11 is 1.57. The summed E-state index contributed by atoms with van der Waals surface area (Å²) in [4.78, 5) is 19.1. The Morgan fingerprint density at radius 3 is 2.92 bits per heavy atom. The van der Waals surface area contributed by atoms with E-state index < -0.39 is 0 Å². The van der Waals surface area contributed by atoms with Gasteiger partial charge in [-0.2, -0.15) is 0 Å². The Bertz CT molecular complexity index is 744. The van der Waals surface area contributed by atoms with Crippen molar-refractivity contribution < 1.29 is 14.3 Å². The molecule has 0 saturated carbocycles. The second kappa shape index (κ2) is 7.87. The number of likely N-dealkylation sites (tertiary alicyclic amines) is 1. The van der Waals surface area contributed by atoms with Crippen molar-refractivity contribution in [3.8, 4) is 11.5 Å². The highest BCUT2D eigenvalue weighted by Crippen LogP contribution is 2.36. The zero-order valence-corrected chi connectivity index (χ0v) is 15.8. The Balaban J connectivity index is 1.73. The summed E-state index contributed by atoms with van der Waals surface area (Å²) in [5.74, 6) is 1.94. The SMILES string of the molecule is CCCc1nc(C(=O)N2CCC(c3cc(OC)ccc3OC)C2)cs1. The molecule has 0 bridgehead atoms. The molecule has 0 N–H and O–H groups in total. The van der Waals surface area contributed by atoms with Crippen LogP contribution in [-0.4, -0.2) is 43.1 Å². The zero-order valence-electron chi connectivity index (χ0n) is 14.9. The van der Waals surface area contributed by atoms with Crippen LogP contribution in [0.3, 0.4) is 0 Å². The third kappa shape index (κ3) is 3.79. The van der Waals surface area contributed by atoms with E-state index in [-0.39, 0.29) is 11.8 Å². The van der Waals surface area contributed by atoms with Crippen LogP contribution in [0.25, 0.3) is 0 Å². The van der Waals surface area contributed by atoms with E-state index in [1.54, 1.807) is 25.6 Å². The molecule has 1 aliphatic heterocycles. The molecule has 1 atom stereocenters. The summed E-state index contributed by atoms with van der Waals surface area (Å²) in [6, 6.07) is 5.83. The van der Waals surface area contributed by atoms with Gasteiger partial charge in [0.15, 0.2) is 0 Å². The molecule has 1 fully saturated rings. The third-order valence-corrected chi connectivity index (χ3v) is 5.50. The van der Waals surface area contributed by atoms with E-state index >= 15 is 0 Å². The van der Waals surface area contributed by atoms with Gasteiger partial charge in [-0.05, 0) is 37.5 Å². The molecule has 1 saturated heterocycles. The van der Waals surface area contributed by atoms with Crippen LogP contribution in [0, 0.1) is 0 Å². The first-order chi connectivity index (χ1) is 12.2. The molecule has 5 nitrogen and oxygen atoms in total. The molecule has 0 aliphatic carbocycles. The van der Waals surface area contributed by atoms with E-state index in [4.69, 9.17) is 9.47 Å². The van der Waals surface area contributed by atoms with Gasteiger partial charge in [0.05, 0.1) is 19.2 Å². The first kappa shape index (κ1) is 17.7. The third-order valence-electron chi connectivity index (χ3n) is 4.59. The van der Waals surface area contributed by atoms with Crippen LogP contribution < -0.4 is 9.47 Å². The van der Waals surface area contributed by atoms with E-state index in [1.807, 2.05) is 28.5 Å². The number of ether oxygens (including phenoxy) is 2. The first-order valence-electron chi connectivity index (χ1n) is 8.61. The van der Waals surface area contributed by atoms with Gasteiger partial charge in [0, 0.05) is 30.0 Å². The zero-order chi connectivity index (χ0) is 17.8. The maximum absolute atomic E-state index is 12.7.